The molecule has 6 heteroatoms. The van der Waals surface area contributed by atoms with Gasteiger partial charge in [0.05, 0.1) is 11.7 Å². The summed E-state index contributed by atoms with van der Waals surface area (Å²) >= 11 is 1.33. The van der Waals surface area contributed by atoms with Crippen molar-refractivity contribution in [1.29, 1.82) is 5.41 Å². The van der Waals surface area contributed by atoms with Crippen LogP contribution < -0.4 is 0 Å². The molecule has 0 fully saturated rings. The number of nitrogens with zero attached hydrogens (tertiary/aromatic N) is 1. The van der Waals surface area contributed by atoms with Crippen LogP contribution >= 0.6 is 11.8 Å². The van der Waals surface area contributed by atoms with Crippen molar-refractivity contribution in [3.8, 4) is 0 Å². The van der Waals surface area contributed by atoms with Crippen LogP contribution in [0.25, 0.3) is 11.1 Å². The number of carbonyl (C=O) groups excluding carboxylic acids is 1. The Kier molecular flexibility index (Phi) is 3.66. The molecule has 18 heavy (non-hydrogen) atoms. The van der Waals surface area contributed by atoms with Crippen LogP contribution in [-0.4, -0.2) is 28.9 Å². The van der Waals surface area contributed by atoms with Gasteiger partial charge in [-0.15, -0.1) is 11.8 Å². The number of hydrogen-bond acceptors (Lipinski definition) is 6. The van der Waals surface area contributed by atoms with E-state index in [4.69, 9.17) is 14.6 Å². The number of ether oxygens (including phenoxy) is 1. The Morgan fingerprint density at radius 1 is 1.56 bits per heavy atom. The van der Waals surface area contributed by atoms with E-state index in [2.05, 4.69) is 4.98 Å². The predicted octanol–water partition coefficient (Wildman–Crippen LogP) is 2.69. The first kappa shape index (κ1) is 12.6. The number of esters is 1. The summed E-state index contributed by atoms with van der Waals surface area (Å²) in [6.07, 6.45) is 3.38. The SMILES string of the molecule is CCOC(=O)c1cc2cc(C(=N)SC)cnc2o1. The van der Waals surface area contributed by atoms with Crippen molar-refractivity contribution in [2.75, 3.05) is 12.9 Å². The second-order valence-corrected chi connectivity index (χ2v) is 4.30. The van der Waals surface area contributed by atoms with E-state index in [0.29, 0.717) is 28.3 Å². The Morgan fingerprint density at radius 3 is 3.00 bits per heavy atom. The Labute approximate surface area is 108 Å². The fourth-order valence-corrected chi connectivity index (χ4v) is 1.82. The monoisotopic (exact) mass is 264 g/mol. The van der Waals surface area contributed by atoms with Crippen LogP contribution in [0.2, 0.25) is 0 Å². The third kappa shape index (κ3) is 2.38. The smallest absolute Gasteiger partial charge is 0.374 e. The Morgan fingerprint density at radius 2 is 2.33 bits per heavy atom. The molecule has 1 N–H and O–H groups in total. The van der Waals surface area contributed by atoms with Gasteiger partial charge in [0.15, 0.2) is 0 Å². The molecule has 0 atom stereocenters. The summed E-state index contributed by atoms with van der Waals surface area (Å²) in [7, 11) is 0. The topological polar surface area (TPSA) is 76.2 Å². The van der Waals surface area contributed by atoms with Gasteiger partial charge in [0, 0.05) is 23.2 Å². The Bertz CT molecular complexity index is 606. The van der Waals surface area contributed by atoms with E-state index < -0.39 is 5.97 Å². The molecule has 0 aliphatic rings. The van der Waals surface area contributed by atoms with Crippen LogP contribution in [0.15, 0.2) is 22.7 Å². The fourth-order valence-electron chi connectivity index (χ4n) is 1.48. The van der Waals surface area contributed by atoms with E-state index in [-0.39, 0.29) is 5.76 Å². The first-order valence-corrected chi connectivity index (χ1v) is 6.57. The van der Waals surface area contributed by atoms with Crippen molar-refractivity contribution < 1.29 is 13.9 Å². The van der Waals surface area contributed by atoms with Crippen molar-refractivity contribution in [3.05, 3.63) is 29.7 Å². The summed E-state index contributed by atoms with van der Waals surface area (Å²) in [5.41, 5.74) is 1.07. The normalized spacial score (nSPS) is 10.6. The summed E-state index contributed by atoms with van der Waals surface area (Å²) < 4.78 is 10.1. The third-order valence-corrected chi connectivity index (χ3v) is 2.96. The van der Waals surface area contributed by atoms with Crippen LogP contribution in [0.5, 0.6) is 0 Å². The third-order valence-electron chi connectivity index (χ3n) is 2.32. The number of carbonyl (C=O) groups is 1. The lowest BCUT2D eigenvalue weighted by Crippen LogP contribution is -2.02. The zero-order valence-electron chi connectivity index (χ0n) is 10.0. The maximum absolute atomic E-state index is 11.5. The highest BCUT2D eigenvalue weighted by molar-refractivity contribution is 8.13. The highest BCUT2D eigenvalue weighted by Crippen LogP contribution is 2.20. The van der Waals surface area contributed by atoms with Crippen molar-refractivity contribution >= 4 is 33.9 Å². The van der Waals surface area contributed by atoms with Crippen LogP contribution in [0, 0.1) is 5.41 Å². The average Bonchev–Trinajstić information content (AvgIpc) is 2.80. The Hall–Kier alpha value is -1.82. The number of furan rings is 1. The Balaban J connectivity index is 2.39. The van der Waals surface area contributed by atoms with E-state index in [0.717, 1.165) is 0 Å². The molecule has 0 saturated heterocycles. The van der Waals surface area contributed by atoms with Crippen LogP contribution in [0.1, 0.15) is 23.0 Å². The minimum Gasteiger partial charge on any atom is -0.460 e. The van der Waals surface area contributed by atoms with Crippen LogP contribution in [0.3, 0.4) is 0 Å². The minimum absolute atomic E-state index is 0.132. The van der Waals surface area contributed by atoms with Crippen molar-refractivity contribution in [2.24, 2.45) is 0 Å². The van der Waals surface area contributed by atoms with Crippen LogP contribution in [-0.2, 0) is 4.74 Å². The molecule has 0 unspecified atom stereocenters. The first-order chi connectivity index (χ1) is 8.65. The van der Waals surface area contributed by atoms with E-state index in [1.54, 1.807) is 25.3 Å². The highest BCUT2D eigenvalue weighted by Gasteiger charge is 2.14. The molecule has 2 aromatic heterocycles. The standard InChI is InChI=1S/C12H12N2O3S/c1-3-16-12(15)9-5-7-4-8(10(13)18-2)6-14-11(7)17-9/h4-6,13H,3H2,1-2H3. The molecule has 0 aromatic carbocycles. The van der Waals surface area contributed by atoms with Crippen molar-refractivity contribution in [2.45, 2.75) is 6.92 Å². The summed E-state index contributed by atoms with van der Waals surface area (Å²) in [5.74, 6) is -0.371. The summed E-state index contributed by atoms with van der Waals surface area (Å²) in [4.78, 5) is 15.6. The average molecular weight is 264 g/mol. The number of pyridine rings is 1. The number of fused-ring (bicyclic) bond motifs is 1. The van der Waals surface area contributed by atoms with Gasteiger partial charge in [-0.2, -0.15) is 0 Å². The summed E-state index contributed by atoms with van der Waals surface area (Å²) in [5, 5.41) is 8.82. The first-order valence-electron chi connectivity index (χ1n) is 5.35. The number of hydrogen-bond donors (Lipinski definition) is 1. The van der Waals surface area contributed by atoms with E-state index in [1.165, 1.54) is 11.8 Å². The maximum Gasteiger partial charge on any atom is 0.374 e. The summed E-state index contributed by atoms with van der Waals surface area (Å²) in [6, 6.07) is 3.35. The van der Waals surface area contributed by atoms with Crippen molar-refractivity contribution in [3.63, 3.8) is 0 Å². The molecule has 0 radical (unpaired) electrons. The molecule has 0 aliphatic carbocycles. The lowest BCUT2D eigenvalue weighted by Gasteiger charge is -1.98. The van der Waals surface area contributed by atoms with E-state index in [9.17, 15) is 4.79 Å². The molecule has 5 nitrogen and oxygen atoms in total. The molecular formula is C12H12N2O3S. The zero-order chi connectivity index (χ0) is 13.1. The van der Waals surface area contributed by atoms with Gasteiger partial charge in [-0.05, 0) is 19.2 Å². The molecular weight excluding hydrogens is 252 g/mol. The van der Waals surface area contributed by atoms with Gasteiger partial charge in [-0.1, -0.05) is 0 Å². The number of rotatable bonds is 3. The van der Waals surface area contributed by atoms with Crippen LogP contribution in [0.4, 0.5) is 0 Å². The van der Waals surface area contributed by atoms with Gasteiger partial charge in [0.2, 0.25) is 11.5 Å². The molecule has 0 aliphatic heterocycles. The van der Waals surface area contributed by atoms with Gasteiger partial charge in [-0.25, -0.2) is 9.78 Å². The lowest BCUT2D eigenvalue weighted by molar-refractivity contribution is 0.0492. The van der Waals surface area contributed by atoms with Gasteiger partial charge in [0.1, 0.15) is 0 Å². The number of thioether (sulfide) groups is 1. The molecule has 2 heterocycles. The van der Waals surface area contributed by atoms with Gasteiger partial charge >= 0.3 is 5.97 Å². The molecule has 0 saturated carbocycles. The summed E-state index contributed by atoms with van der Waals surface area (Å²) in [6.45, 7) is 2.03. The molecule has 0 amide bonds. The largest absolute Gasteiger partial charge is 0.460 e. The highest BCUT2D eigenvalue weighted by atomic mass is 32.2. The lowest BCUT2D eigenvalue weighted by atomic mass is 10.2. The van der Waals surface area contributed by atoms with Gasteiger partial charge in [-0.3, -0.25) is 5.41 Å². The van der Waals surface area contributed by atoms with E-state index >= 15 is 0 Å². The minimum atomic E-state index is -0.503. The van der Waals surface area contributed by atoms with Gasteiger partial charge < -0.3 is 9.15 Å². The molecule has 2 rings (SSSR count). The number of nitrogens with one attached hydrogen (secondary N) is 1. The quantitative estimate of drug-likeness (QED) is 0.524. The van der Waals surface area contributed by atoms with Gasteiger partial charge in [0.25, 0.3) is 0 Å². The van der Waals surface area contributed by atoms with Crippen molar-refractivity contribution in [1.82, 2.24) is 4.98 Å². The number of aromatic nitrogens is 1. The fraction of sp³-hybridized carbons (Fsp3) is 0.250. The molecule has 0 bridgehead atoms. The maximum atomic E-state index is 11.5. The predicted molar refractivity (Wildman–Crippen MR) is 70.3 cm³/mol. The molecule has 0 spiro atoms. The second-order valence-electron chi connectivity index (χ2n) is 3.48. The zero-order valence-corrected chi connectivity index (χ0v) is 10.8. The molecule has 2 aromatic rings. The van der Waals surface area contributed by atoms with E-state index in [1.807, 2.05) is 6.26 Å². The second kappa shape index (κ2) is 5.22. The molecule has 94 valence electrons.